The molecule has 1 aromatic heterocycles. The summed E-state index contributed by atoms with van der Waals surface area (Å²) in [6.45, 7) is 3.86. The lowest BCUT2D eigenvalue weighted by molar-refractivity contribution is 0.257. The molecule has 0 bridgehead atoms. The van der Waals surface area contributed by atoms with Crippen LogP contribution in [0.5, 0.6) is 0 Å². The Labute approximate surface area is 118 Å². The summed E-state index contributed by atoms with van der Waals surface area (Å²) in [7, 11) is -3.62. The number of aromatic nitrogens is 1. The van der Waals surface area contributed by atoms with Gasteiger partial charge in [-0.05, 0) is 30.7 Å². The Balaban J connectivity index is 2.66. The van der Waals surface area contributed by atoms with E-state index in [0.717, 1.165) is 5.56 Å². The van der Waals surface area contributed by atoms with Crippen LogP contribution in [-0.2, 0) is 10.0 Å². The van der Waals surface area contributed by atoms with Gasteiger partial charge in [-0.1, -0.05) is 13.0 Å². The number of fused-ring (bicyclic) bond motifs is 1. The molecule has 0 unspecified atom stereocenters. The molecule has 1 heterocycles. The smallest absolute Gasteiger partial charge is 0.243 e. The van der Waals surface area contributed by atoms with Crippen LogP contribution in [0.4, 0.5) is 0 Å². The quantitative estimate of drug-likeness (QED) is 0.908. The Hall–Kier alpha value is -1.50. The number of rotatable bonds is 5. The zero-order valence-corrected chi connectivity index (χ0v) is 12.4. The highest BCUT2D eigenvalue weighted by Gasteiger charge is 2.25. The highest BCUT2D eigenvalue weighted by Crippen LogP contribution is 2.26. The first-order valence-corrected chi connectivity index (χ1v) is 7.91. The summed E-state index contributed by atoms with van der Waals surface area (Å²) < 4.78 is 26.6. The van der Waals surface area contributed by atoms with Gasteiger partial charge in [-0.3, -0.25) is 4.98 Å². The van der Waals surface area contributed by atoms with E-state index in [1.165, 1.54) is 4.31 Å². The summed E-state index contributed by atoms with van der Waals surface area (Å²) in [5.41, 5.74) is 1.62. The summed E-state index contributed by atoms with van der Waals surface area (Å²) in [5.74, 6) is 0. The summed E-state index contributed by atoms with van der Waals surface area (Å²) in [5, 5.41) is 9.63. The van der Waals surface area contributed by atoms with Gasteiger partial charge in [0.05, 0.1) is 17.0 Å². The monoisotopic (exact) mass is 294 g/mol. The predicted octanol–water partition coefficient (Wildman–Crippen LogP) is 1.55. The predicted molar refractivity (Wildman–Crippen MR) is 78.0 cm³/mol. The van der Waals surface area contributed by atoms with Crippen molar-refractivity contribution in [2.24, 2.45) is 0 Å². The Morgan fingerprint density at radius 1 is 1.30 bits per heavy atom. The molecule has 5 nitrogen and oxygen atoms in total. The second-order valence-corrected chi connectivity index (χ2v) is 6.41. The van der Waals surface area contributed by atoms with Gasteiger partial charge in [0, 0.05) is 24.7 Å². The van der Waals surface area contributed by atoms with E-state index in [1.54, 1.807) is 37.4 Å². The first-order chi connectivity index (χ1) is 9.52. The minimum Gasteiger partial charge on any atom is -0.395 e. The molecule has 20 heavy (non-hydrogen) atoms. The number of sulfonamides is 1. The van der Waals surface area contributed by atoms with E-state index in [4.69, 9.17) is 5.11 Å². The normalized spacial score (nSPS) is 12.2. The van der Waals surface area contributed by atoms with Gasteiger partial charge in [0.2, 0.25) is 10.0 Å². The zero-order chi connectivity index (χ0) is 14.8. The van der Waals surface area contributed by atoms with Crippen molar-refractivity contribution in [3.63, 3.8) is 0 Å². The van der Waals surface area contributed by atoms with Gasteiger partial charge in [0.1, 0.15) is 0 Å². The molecule has 2 aromatic rings. The fourth-order valence-electron chi connectivity index (χ4n) is 2.21. The molecule has 0 amide bonds. The molecule has 0 atom stereocenters. The largest absolute Gasteiger partial charge is 0.395 e. The third kappa shape index (κ3) is 2.54. The van der Waals surface area contributed by atoms with Crippen LogP contribution >= 0.6 is 0 Å². The molecule has 0 aliphatic rings. The maximum atomic E-state index is 12.7. The van der Waals surface area contributed by atoms with Crippen molar-refractivity contribution in [1.29, 1.82) is 0 Å². The van der Waals surface area contributed by atoms with Crippen LogP contribution in [0.3, 0.4) is 0 Å². The second-order valence-electron chi connectivity index (χ2n) is 4.50. The first kappa shape index (κ1) is 14.9. The molecule has 1 aromatic carbocycles. The summed E-state index contributed by atoms with van der Waals surface area (Å²) in [4.78, 5) is 4.49. The number of hydrogen-bond donors (Lipinski definition) is 1. The Morgan fingerprint density at radius 2 is 2.05 bits per heavy atom. The van der Waals surface area contributed by atoms with Crippen LogP contribution in [0, 0.1) is 6.92 Å². The van der Waals surface area contributed by atoms with E-state index in [2.05, 4.69) is 4.98 Å². The molecule has 0 saturated carbocycles. The maximum absolute atomic E-state index is 12.7. The number of aliphatic hydroxyl groups excluding tert-OH is 1. The van der Waals surface area contributed by atoms with E-state index >= 15 is 0 Å². The first-order valence-electron chi connectivity index (χ1n) is 6.47. The molecule has 0 fully saturated rings. The number of aliphatic hydroxyl groups is 1. The fraction of sp³-hybridized carbons (Fsp3) is 0.357. The summed E-state index contributed by atoms with van der Waals surface area (Å²) >= 11 is 0. The van der Waals surface area contributed by atoms with Crippen molar-refractivity contribution in [3.05, 3.63) is 36.0 Å². The van der Waals surface area contributed by atoms with E-state index in [9.17, 15) is 8.42 Å². The van der Waals surface area contributed by atoms with E-state index in [-0.39, 0.29) is 18.0 Å². The van der Waals surface area contributed by atoms with Crippen molar-refractivity contribution < 1.29 is 13.5 Å². The summed E-state index contributed by atoms with van der Waals surface area (Å²) in [6.07, 6.45) is 1.65. The standard InChI is InChI=1S/C14H18N2O3S/c1-3-16(9-10-17)20(18,19)13-7-6-11(2)14-12(13)5-4-8-15-14/h4-8,17H,3,9-10H2,1-2H3. The molecule has 0 radical (unpaired) electrons. The fourth-order valence-corrected chi connectivity index (χ4v) is 3.83. The van der Waals surface area contributed by atoms with Crippen LogP contribution in [0.25, 0.3) is 10.9 Å². The van der Waals surface area contributed by atoms with Gasteiger partial charge in [-0.15, -0.1) is 0 Å². The van der Waals surface area contributed by atoms with Crippen molar-refractivity contribution in [1.82, 2.24) is 9.29 Å². The van der Waals surface area contributed by atoms with Crippen LogP contribution in [-0.4, -0.2) is 42.5 Å². The molecular weight excluding hydrogens is 276 g/mol. The minimum absolute atomic E-state index is 0.0917. The van der Waals surface area contributed by atoms with E-state index < -0.39 is 10.0 Å². The van der Waals surface area contributed by atoms with Gasteiger partial charge in [-0.2, -0.15) is 4.31 Å². The average Bonchev–Trinajstić information content (AvgIpc) is 2.45. The van der Waals surface area contributed by atoms with Crippen LogP contribution < -0.4 is 0 Å². The van der Waals surface area contributed by atoms with Gasteiger partial charge in [0.15, 0.2) is 0 Å². The molecule has 108 valence electrons. The lowest BCUT2D eigenvalue weighted by atomic mass is 10.1. The zero-order valence-electron chi connectivity index (χ0n) is 11.6. The van der Waals surface area contributed by atoms with Gasteiger partial charge in [0.25, 0.3) is 0 Å². The number of hydrogen-bond acceptors (Lipinski definition) is 4. The lowest BCUT2D eigenvalue weighted by Gasteiger charge is -2.20. The second kappa shape index (κ2) is 5.87. The Bertz CT molecular complexity index is 713. The molecule has 0 aliphatic carbocycles. The van der Waals surface area contributed by atoms with Gasteiger partial charge < -0.3 is 5.11 Å². The van der Waals surface area contributed by atoms with Crippen molar-refractivity contribution in [3.8, 4) is 0 Å². The third-order valence-electron chi connectivity index (χ3n) is 3.25. The van der Waals surface area contributed by atoms with Crippen LogP contribution in [0.1, 0.15) is 12.5 Å². The summed E-state index contributed by atoms with van der Waals surface area (Å²) in [6, 6.07) is 6.85. The van der Waals surface area contributed by atoms with Gasteiger partial charge in [-0.25, -0.2) is 8.42 Å². The highest BCUT2D eigenvalue weighted by molar-refractivity contribution is 7.89. The SMILES string of the molecule is CCN(CCO)S(=O)(=O)c1ccc(C)c2ncccc12. The highest BCUT2D eigenvalue weighted by atomic mass is 32.2. The van der Waals surface area contributed by atoms with Crippen LogP contribution in [0.15, 0.2) is 35.4 Å². The van der Waals surface area contributed by atoms with Crippen molar-refractivity contribution >= 4 is 20.9 Å². The molecule has 2 rings (SSSR count). The molecular formula is C14H18N2O3S. The number of likely N-dealkylation sites (N-methyl/N-ethyl adjacent to an activating group) is 1. The maximum Gasteiger partial charge on any atom is 0.243 e. The molecule has 1 N–H and O–H groups in total. The van der Waals surface area contributed by atoms with Crippen molar-refractivity contribution in [2.75, 3.05) is 19.7 Å². The van der Waals surface area contributed by atoms with E-state index in [0.29, 0.717) is 17.4 Å². The number of nitrogens with zero attached hydrogens (tertiary/aromatic N) is 2. The van der Waals surface area contributed by atoms with Crippen molar-refractivity contribution in [2.45, 2.75) is 18.7 Å². The molecule has 0 saturated heterocycles. The molecule has 0 aliphatic heterocycles. The lowest BCUT2D eigenvalue weighted by Crippen LogP contribution is -2.33. The number of benzene rings is 1. The average molecular weight is 294 g/mol. The van der Waals surface area contributed by atoms with Gasteiger partial charge >= 0.3 is 0 Å². The number of aryl methyl sites for hydroxylation is 1. The Kier molecular flexibility index (Phi) is 4.37. The minimum atomic E-state index is -3.62. The topological polar surface area (TPSA) is 70.5 Å². The third-order valence-corrected chi connectivity index (χ3v) is 5.28. The van der Waals surface area contributed by atoms with E-state index in [1.807, 2.05) is 6.92 Å². The number of pyridine rings is 1. The molecule has 0 spiro atoms. The Morgan fingerprint density at radius 3 is 2.70 bits per heavy atom. The van der Waals surface area contributed by atoms with Crippen LogP contribution in [0.2, 0.25) is 0 Å². The molecule has 6 heteroatoms.